The average Bonchev–Trinajstić information content (AvgIpc) is 3.03. The van der Waals surface area contributed by atoms with Crippen molar-refractivity contribution in [2.75, 3.05) is 6.61 Å². The molecule has 2 unspecified atom stereocenters. The van der Waals surface area contributed by atoms with E-state index in [1.54, 1.807) is 0 Å². The second kappa shape index (κ2) is 3.46. The molecule has 18 heavy (non-hydrogen) atoms. The summed E-state index contributed by atoms with van der Waals surface area (Å²) < 4.78 is 17.9. The van der Waals surface area contributed by atoms with Gasteiger partial charge in [0.05, 0.1) is 36.9 Å². The van der Waals surface area contributed by atoms with Crippen LogP contribution < -0.4 is 0 Å². The maximum atomic E-state index is 10.8. The monoisotopic (exact) mass is 254 g/mol. The maximum absolute atomic E-state index is 10.8. The van der Waals surface area contributed by atoms with Gasteiger partial charge in [-0.25, -0.2) is 0 Å². The van der Waals surface area contributed by atoms with Crippen LogP contribution in [0.3, 0.4) is 0 Å². The third kappa shape index (κ3) is 1.47. The number of ether oxygens (including phenoxy) is 3. The lowest BCUT2D eigenvalue weighted by Crippen LogP contribution is -2.53. The molecule has 5 rings (SSSR count). The molecule has 0 amide bonds. The van der Waals surface area contributed by atoms with Crippen LogP contribution in [0.2, 0.25) is 0 Å². The molecule has 4 heterocycles. The predicted molar refractivity (Wildman–Crippen MR) is 60.3 cm³/mol. The van der Waals surface area contributed by atoms with E-state index in [-0.39, 0.29) is 35.9 Å². The normalized spacial score (nSPS) is 53.2. The SMILES string of the molecule is O=C(O)CC1CC[C@@H]2OC[C@]34CCC2(C[C@H]3O4)O1. The highest BCUT2D eigenvalue weighted by Crippen LogP contribution is 2.58. The Morgan fingerprint density at radius 2 is 2.00 bits per heavy atom. The van der Waals surface area contributed by atoms with Gasteiger partial charge in [-0.2, -0.15) is 0 Å². The fourth-order valence-electron chi connectivity index (χ4n) is 4.02. The van der Waals surface area contributed by atoms with E-state index < -0.39 is 5.97 Å². The van der Waals surface area contributed by atoms with Gasteiger partial charge in [-0.15, -0.1) is 0 Å². The molecule has 100 valence electrons. The Morgan fingerprint density at radius 3 is 2.78 bits per heavy atom. The molecule has 0 aromatic rings. The first-order chi connectivity index (χ1) is 8.62. The number of carbonyl (C=O) groups is 1. The molecule has 4 saturated heterocycles. The summed E-state index contributed by atoms with van der Waals surface area (Å²) in [6, 6.07) is 0. The van der Waals surface area contributed by atoms with Crippen LogP contribution in [-0.4, -0.2) is 47.2 Å². The first-order valence-electron chi connectivity index (χ1n) is 6.81. The zero-order chi connectivity index (χ0) is 12.4. The summed E-state index contributed by atoms with van der Waals surface area (Å²) in [5.74, 6) is -0.780. The van der Waals surface area contributed by atoms with Gasteiger partial charge in [0.1, 0.15) is 5.60 Å². The summed E-state index contributed by atoms with van der Waals surface area (Å²) in [4.78, 5) is 10.8. The molecule has 5 atom stereocenters. The average molecular weight is 254 g/mol. The number of aliphatic carboxylic acids is 1. The highest BCUT2D eigenvalue weighted by molar-refractivity contribution is 5.67. The van der Waals surface area contributed by atoms with Crippen molar-refractivity contribution < 1.29 is 24.1 Å². The second-order valence-electron chi connectivity index (χ2n) is 6.15. The second-order valence-corrected chi connectivity index (χ2v) is 6.15. The zero-order valence-electron chi connectivity index (χ0n) is 10.3. The Balaban J connectivity index is 1.57. The Morgan fingerprint density at radius 1 is 1.17 bits per heavy atom. The van der Waals surface area contributed by atoms with Gasteiger partial charge in [0.15, 0.2) is 0 Å². The quantitative estimate of drug-likeness (QED) is 0.747. The Labute approximate surface area is 105 Å². The topological polar surface area (TPSA) is 68.3 Å². The molecule has 5 aliphatic rings. The van der Waals surface area contributed by atoms with Crippen LogP contribution in [0.4, 0.5) is 0 Å². The fourth-order valence-corrected chi connectivity index (χ4v) is 4.02. The highest BCUT2D eigenvalue weighted by atomic mass is 16.7. The minimum atomic E-state index is -0.780. The largest absolute Gasteiger partial charge is 0.481 e. The van der Waals surface area contributed by atoms with Crippen LogP contribution >= 0.6 is 0 Å². The first-order valence-corrected chi connectivity index (χ1v) is 6.81. The summed E-state index contributed by atoms with van der Waals surface area (Å²) in [6.07, 6.45) is 4.89. The summed E-state index contributed by atoms with van der Waals surface area (Å²) >= 11 is 0. The van der Waals surface area contributed by atoms with Crippen molar-refractivity contribution in [1.29, 1.82) is 0 Å². The van der Waals surface area contributed by atoms with Gasteiger partial charge in [-0.1, -0.05) is 0 Å². The Kier molecular flexibility index (Phi) is 2.16. The number of carboxylic acids is 1. The van der Waals surface area contributed by atoms with Gasteiger partial charge in [-0.3, -0.25) is 4.79 Å². The number of hydrogen-bond donors (Lipinski definition) is 1. The molecular formula is C13H18O5. The van der Waals surface area contributed by atoms with Crippen LogP contribution in [0.25, 0.3) is 0 Å². The third-order valence-corrected chi connectivity index (χ3v) is 5.08. The van der Waals surface area contributed by atoms with Crippen molar-refractivity contribution in [2.45, 2.75) is 68.0 Å². The molecule has 0 radical (unpaired) electrons. The lowest BCUT2D eigenvalue weighted by Gasteiger charge is -2.46. The number of hydrogen-bond acceptors (Lipinski definition) is 4. The van der Waals surface area contributed by atoms with E-state index in [9.17, 15) is 4.79 Å². The minimum Gasteiger partial charge on any atom is -0.481 e. The van der Waals surface area contributed by atoms with Gasteiger partial charge < -0.3 is 19.3 Å². The third-order valence-electron chi connectivity index (χ3n) is 5.08. The van der Waals surface area contributed by atoms with E-state index in [2.05, 4.69) is 0 Å². The van der Waals surface area contributed by atoms with Crippen molar-refractivity contribution in [3.05, 3.63) is 0 Å². The van der Waals surface area contributed by atoms with E-state index >= 15 is 0 Å². The molecule has 1 aliphatic carbocycles. The molecule has 0 aromatic carbocycles. The van der Waals surface area contributed by atoms with Crippen molar-refractivity contribution in [1.82, 2.24) is 0 Å². The lowest BCUT2D eigenvalue weighted by atomic mass is 9.74. The van der Waals surface area contributed by atoms with Crippen molar-refractivity contribution >= 4 is 5.97 Å². The smallest absolute Gasteiger partial charge is 0.305 e. The summed E-state index contributed by atoms with van der Waals surface area (Å²) in [5.41, 5.74) is -0.298. The molecule has 2 spiro atoms. The first kappa shape index (κ1) is 11.2. The molecule has 5 nitrogen and oxygen atoms in total. The van der Waals surface area contributed by atoms with Gasteiger partial charge in [-0.05, 0) is 25.7 Å². The molecule has 4 aliphatic heterocycles. The summed E-state index contributed by atoms with van der Waals surface area (Å²) in [7, 11) is 0. The van der Waals surface area contributed by atoms with Gasteiger partial charge in [0.25, 0.3) is 0 Å². The van der Waals surface area contributed by atoms with Gasteiger partial charge >= 0.3 is 5.97 Å². The number of epoxide rings is 1. The summed E-state index contributed by atoms with van der Waals surface area (Å²) in [5, 5.41) is 8.91. The van der Waals surface area contributed by atoms with E-state index in [1.807, 2.05) is 0 Å². The number of rotatable bonds is 2. The van der Waals surface area contributed by atoms with Crippen molar-refractivity contribution in [2.24, 2.45) is 0 Å². The highest BCUT2D eigenvalue weighted by Gasteiger charge is 2.68. The number of carboxylic acid groups (broad SMARTS) is 1. The van der Waals surface area contributed by atoms with E-state index in [0.29, 0.717) is 6.61 Å². The molecule has 1 N–H and O–H groups in total. The number of fused-ring (bicyclic) bond motifs is 2. The molecule has 5 heteroatoms. The molecule has 5 fully saturated rings. The van der Waals surface area contributed by atoms with Gasteiger partial charge in [0, 0.05) is 6.42 Å². The van der Waals surface area contributed by atoms with Crippen molar-refractivity contribution in [3.8, 4) is 0 Å². The molecule has 1 saturated carbocycles. The molecule has 2 bridgehead atoms. The summed E-state index contributed by atoms with van der Waals surface area (Å²) in [6.45, 7) is 0.692. The van der Waals surface area contributed by atoms with Crippen molar-refractivity contribution in [3.63, 3.8) is 0 Å². The van der Waals surface area contributed by atoms with Crippen LogP contribution in [0.5, 0.6) is 0 Å². The maximum Gasteiger partial charge on any atom is 0.305 e. The van der Waals surface area contributed by atoms with E-state index in [4.69, 9.17) is 19.3 Å². The van der Waals surface area contributed by atoms with E-state index in [1.165, 1.54) is 0 Å². The minimum absolute atomic E-state index is 0.0196. The standard InChI is InChI=1S/C13H18O5/c14-11(15)5-8-1-2-9-12(17-8)3-4-13(7-16-9)10(6-12)18-13/h8-10H,1-7H2,(H,14,15)/t8?,9-,10+,12?,13+/m0/s1. The van der Waals surface area contributed by atoms with Crippen LogP contribution in [0, 0.1) is 0 Å². The van der Waals surface area contributed by atoms with E-state index in [0.717, 1.165) is 32.1 Å². The van der Waals surface area contributed by atoms with Gasteiger partial charge in [0.2, 0.25) is 0 Å². The lowest BCUT2D eigenvalue weighted by molar-refractivity contribution is -0.208. The van der Waals surface area contributed by atoms with Crippen LogP contribution in [0.15, 0.2) is 0 Å². The molecule has 0 aromatic heterocycles. The molecular weight excluding hydrogens is 236 g/mol. The Hall–Kier alpha value is -0.650. The predicted octanol–water partition coefficient (Wildman–Crippen LogP) is 1.10. The fraction of sp³-hybridized carbons (Fsp3) is 0.923. The van der Waals surface area contributed by atoms with Crippen LogP contribution in [0.1, 0.15) is 38.5 Å². The zero-order valence-corrected chi connectivity index (χ0v) is 10.3. The Bertz CT molecular complexity index is 397. The van der Waals surface area contributed by atoms with Crippen LogP contribution in [-0.2, 0) is 19.0 Å².